The van der Waals surface area contributed by atoms with E-state index in [1.54, 1.807) is 0 Å². The summed E-state index contributed by atoms with van der Waals surface area (Å²) >= 11 is 2.08. The van der Waals surface area contributed by atoms with Crippen LogP contribution < -0.4 is 4.74 Å². The molecule has 1 saturated heterocycles. The van der Waals surface area contributed by atoms with Crippen molar-refractivity contribution < 1.29 is 28.1 Å². The van der Waals surface area contributed by atoms with Crippen LogP contribution in [0.4, 0.5) is 0 Å². The Kier molecular flexibility index (Phi) is 7.29. The third kappa shape index (κ3) is 4.81. The molecule has 29 heavy (non-hydrogen) atoms. The summed E-state index contributed by atoms with van der Waals surface area (Å²) in [6.07, 6.45) is 5.21. The van der Waals surface area contributed by atoms with Crippen LogP contribution in [0.5, 0.6) is 11.5 Å². The van der Waals surface area contributed by atoms with Gasteiger partial charge in [0.15, 0.2) is 21.3 Å². The van der Waals surface area contributed by atoms with Gasteiger partial charge in [0.25, 0.3) is 0 Å². The van der Waals surface area contributed by atoms with E-state index in [1.165, 1.54) is 12.7 Å². The summed E-state index contributed by atoms with van der Waals surface area (Å²) in [5, 5.41) is 19.0. The first kappa shape index (κ1) is 22.6. The summed E-state index contributed by atoms with van der Waals surface area (Å²) in [5.74, 6) is 0.528. The number of phenolic OH excluding ortho intramolecular Hbond substituents is 1. The summed E-state index contributed by atoms with van der Waals surface area (Å²) in [4.78, 5) is 0. The molecule has 0 aliphatic carbocycles. The highest BCUT2D eigenvalue weighted by molar-refractivity contribution is 14.1. The number of methoxy groups -OCH3 is 1. The average molecular weight is 534 g/mol. The Morgan fingerprint density at radius 2 is 2.14 bits per heavy atom. The first-order chi connectivity index (χ1) is 13.8. The van der Waals surface area contributed by atoms with E-state index in [0.29, 0.717) is 17.7 Å². The first-order valence-electron chi connectivity index (χ1n) is 9.72. The molecule has 1 aromatic carbocycles. The molecule has 2 aliphatic heterocycles. The lowest BCUT2D eigenvalue weighted by Crippen LogP contribution is -2.19. The van der Waals surface area contributed by atoms with E-state index in [1.807, 2.05) is 12.1 Å². The van der Waals surface area contributed by atoms with Gasteiger partial charge in [-0.1, -0.05) is 25.0 Å². The molecule has 0 spiro atoms. The summed E-state index contributed by atoms with van der Waals surface area (Å²) in [6, 6.07) is 3.72. The van der Waals surface area contributed by atoms with Crippen molar-refractivity contribution in [3.05, 3.63) is 38.0 Å². The number of rotatable bonds is 8. The van der Waals surface area contributed by atoms with Crippen molar-refractivity contribution in [2.75, 3.05) is 26.1 Å². The van der Waals surface area contributed by atoms with Crippen LogP contribution in [-0.2, 0) is 14.6 Å². The highest BCUT2D eigenvalue weighted by atomic mass is 127. The maximum Gasteiger partial charge on any atom is 0.171 e. The third-order valence-corrected chi connectivity index (χ3v) is 8.32. The van der Waals surface area contributed by atoms with Gasteiger partial charge < -0.3 is 19.7 Å². The number of phenols is 1. The lowest BCUT2D eigenvalue weighted by Gasteiger charge is -2.15. The first-order valence-corrected chi connectivity index (χ1v) is 12.5. The van der Waals surface area contributed by atoms with E-state index in [-0.39, 0.29) is 30.8 Å². The quantitative estimate of drug-likeness (QED) is 0.392. The molecule has 0 bridgehead atoms. The van der Waals surface area contributed by atoms with Crippen LogP contribution in [0.15, 0.2) is 28.9 Å². The van der Waals surface area contributed by atoms with Crippen LogP contribution in [-0.4, -0.2) is 56.1 Å². The SMILES string of the molecule is CCC/C(=C\c1cc(I)c(O)c(OC)c1)CC[C@H]1OC[C@H]2C1=C(CO)CS2(=O)=O. The molecule has 6 nitrogen and oxygen atoms in total. The fourth-order valence-corrected chi connectivity index (χ4v) is 6.68. The standard InChI is InChI=1S/C21H27IO6S/c1-3-4-13(7-14-8-16(22)21(24)18(9-14)27-2)5-6-17-20-15(10-23)12-29(25,26)19(20)11-28-17/h7-9,17,19,23-24H,3-6,10-12H2,1-2H3/b13-7+/t17-,19+/m1/s1. The van der Waals surface area contributed by atoms with Crippen LogP contribution >= 0.6 is 22.6 Å². The molecular formula is C21H27IO6S. The van der Waals surface area contributed by atoms with Gasteiger partial charge in [-0.05, 0) is 70.7 Å². The number of aliphatic hydroxyl groups is 1. The van der Waals surface area contributed by atoms with Gasteiger partial charge in [0.05, 0.1) is 35.8 Å². The van der Waals surface area contributed by atoms with E-state index in [2.05, 4.69) is 35.6 Å². The number of allylic oxidation sites excluding steroid dienone is 1. The van der Waals surface area contributed by atoms with Crippen molar-refractivity contribution in [3.63, 3.8) is 0 Å². The molecular weight excluding hydrogens is 507 g/mol. The Morgan fingerprint density at radius 3 is 2.79 bits per heavy atom. The van der Waals surface area contributed by atoms with Gasteiger partial charge in [0, 0.05) is 0 Å². The summed E-state index contributed by atoms with van der Waals surface area (Å²) in [5.41, 5.74) is 3.58. The van der Waals surface area contributed by atoms with Crippen LogP contribution in [0.25, 0.3) is 6.08 Å². The van der Waals surface area contributed by atoms with Gasteiger partial charge in [0.1, 0.15) is 5.25 Å². The Labute approximate surface area is 185 Å². The van der Waals surface area contributed by atoms with Crippen molar-refractivity contribution >= 4 is 38.5 Å². The number of ether oxygens (including phenoxy) is 2. The van der Waals surface area contributed by atoms with Crippen molar-refractivity contribution in [1.29, 1.82) is 0 Å². The molecule has 0 saturated carbocycles. The molecule has 0 radical (unpaired) electrons. The van der Waals surface area contributed by atoms with Crippen molar-refractivity contribution in [2.24, 2.45) is 0 Å². The number of halogens is 1. The monoisotopic (exact) mass is 534 g/mol. The molecule has 0 unspecified atom stereocenters. The Hall–Kier alpha value is -1.10. The fourth-order valence-electron chi connectivity index (χ4n) is 4.12. The molecule has 1 fully saturated rings. The minimum atomic E-state index is -3.24. The number of sulfone groups is 1. The largest absolute Gasteiger partial charge is 0.504 e. The summed E-state index contributed by atoms with van der Waals surface area (Å²) in [6.45, 7) is 2.08. The fraction of sp³-hybridized carbons (Fsp3) is 0.524. The Balaban J connectivity index is 1.79. The van der Waals surface area contributed by atoms with Crippen LogP contribution in [0.1, 0.15) is 38.2 Å². The second-order valence-electron chi connectivity index (χ2n) is 7.48. The van der Waals surface area contributed by atoms with Crippen molar-refractivity contribution in [2.45, 2.75) is 44.0 Å². The van der Waals surface area contributed by atoms with Gasteiger partial charge in [-0.3, -0.25) is 0 Å². The van der Waals surface area contributed by atoms with E-state index in [4.69, 9.17) is 9.47 Å². The van der Waals surface area contributed by atoms with Gasteiger partial charge in [0.2, 0.25) is 0 Å². The normalized spacial score (nSPS) is 23.5. The predicted molar refractivity (Wildman–Crippen MR) is 121 cm³/mol. The predicted octanol–water partition coefficient (Wildman–Crippen LogP) is 3.45. The van der Waals surface area contributed by atoms with E-state index >= 15 is 0 Å². The highest BCUT2D eigenvalue weighted by Gasteiger charge is 2.46. The summed E-state index contributed by atoms with van der Waals surface area (Å²) < 4.78 is 36.3. The molecule has 2 heterocycles. The molecule has 2 N–H and O–H groups in total. The second kappa shape index (κ2) is 9.36. The topological polar surface area (TPSA) is 93.1 Å². The third-order valence-electron chi connectivity index (χ3n) is 5.49. The zero-order valence-electron chi connectivity index (χ0n) is 16.7. The number of aromatic hydroxyl groups is 1. The molecule has 2 atom stereocenters. The Bertz CT molecular complexity index is 935. The molecule has 3 rings (SSSR count). The molecule has 8 heteroatoms. The van der Waals surface area contributed by atoms with Crippen molar-refractivity contribution in [3.8, 4) is 11.5 Å². The zero-order chi connectivity index (χ0) is 21.2. The van der Waals surface area contributed by atoms with Gasteiger partial charge >= 0.3 is 0 Å². The molecule has 2 aliphatic rings. The number of hydrogen-bond acceptors (Lipinski definition) is 6. The smallest absolute Gasteiger partial charge is 0.171 e. The lowest BCUT2D eigenvalue weighted by atomic mass is 9.95. The van der Waals surface area contributed by atoms with Gasteiger partial charge in [-0.15, -0.1) is 0 Å². The summed E-state index contributed by atoms with van der Waals surface area (Å²) in [7, 11) is -1.71. The zero-order valence-corrected chi connectivity index (χ0v) is 19.6. The number of aliphatic hydroxyl groups excluding tert-OH is 1. The Morgan fingerprint density at radius 1 is 1.38 bits per heavy atom. The van der Waals surface area contributed by atoms with Crippen molar-refractivity contribution in [1.82, 2.24) is 0 Å². The number of fused-ring (bicyclic) bond motifs is 1. The van der Waals surface area contributed by atoms with E-state index in [9.17, 15) is 18.6 Å². The van der Waals surface area contributed by atoms with Gasteiger partial charge in [-0.2, -0.15) is 0 Å². The molecule has 1 aromatic rings. The number of hydrogen-bond donors (Lipinski definition) is 2. The molecule has 0 amide bonds. The number of benzene rings is 1. The maximum atomic E-state index is 12.3. The maximum absolute atomic E-state index is 12.3. The highest BCUT2D eigenvalue weighted by Crippen LogP contribution is 2.39. The van der Waals surface area contributed by atoms with Crippen LogP contribution in [0.3, 0.4) is 0 Å². The van der Waals surface area contributed by atoms with E-state index in [0.717, 1.165) is 34.0 Å². The van der Waals surface area contributed by atoms with Crippen LogP contribution in [0.2, 0.25) is 0 Å². The minimum absolute atomic E-state index is 0.0489. The van der Waals surface area contributed by atoms with E-state index < -0.39 is 15.1 Å². The average Bonchev–Trinajstić information content (AvgIpc) is 3.22. The minimum Gasteiger partial charge on any atom is -0.504 e. The molecule has 0 aromatic heterocycles. The van der Waals surface area contributed by atoms with Gasteiger partial charge in [-0.25, -0.2) is 8.42 Å². The lowest BCUT2D eigenvalue weighted by molar-refractivity contribution is 0.117. The van der Waals surface area contributed by atoms with Crippen LogP contribution in [0, 0.1) is 3.57 Å². The molecule has 160 valence electrons. The second-order valence-corrected chi connectivity index (χ2v) is 10.8.